The number of carbonyl (C=O) groups excluding carboxylic acids is 2. The van der Waals surface area contributed by atoms with Gasteiger partial charge in [0.1, 0.15) is 5.69 Å². The Morgan fingerprint density at radius 1 is 1.15 bits per heavy atom. The van der Waals surface area contributed by atoms with Crippen molar-refractivity contribution < 1.29 is 9.59 Å². The minimum atomic E-state index is -0.310. The van der Waals surface area contributed by atoms with E-state index in [0.29, 0.717) is 11.5 Å². The van der Waals surface area contributed by atoms with Crippen LogP contribution in [-0.2, 0) is 0 Å². The van der Waals surface area contributed by atoms with Crippen molar-refractivity contribution >= 4 is 17.5 Å². The van der Waals surface area contributed by atoms with Crippen LogP contribution in [0.15, 0.2) is 36.5 Å². The molecule has 1 saturated heterocycles. The number of carbonyl (C=O) groups is 2. The maximum Gasteiger partial charge on any atom is 0.274 e. The molecule has 0 bridgehead atoms. The second-order valence-corrected chi connectivity index (χ2v) is 7.18. The van der Waals surface area contributed by atoms with Crippen LogP contribution in [0.2, 0.25) is 0 Å². The lowest BCUT2D eigenvalue weighted by Gasteiger charge is -2.31. The summed E-state index contributed by atoms with van der Waals surface area (Å²) >= 11 is 0. The highest BCUT2D eigenvalue weighted by Crippen LogP contribution is 2.19. The van der Waals surface area contributed by atoms with Crippen LogP contribution in [0.1, 0.15) is 51.7 Å². The van der Waals surface area contributed by atoms with Crippen molar-refractivity contribution in [1.29, 1.82) is 0 Å². The van der Waals surface area contributed by atoms with Crippen LogP contribution in [-0.4, -0.2) is 34.8 Å². The minimum Gasteiger partial charge on any atom is -0.338 e. The molecule has 1 aliphatic heterocycles. The van der Waals surface area contributed by atoms with E-state index in [0.717, 1.165) is 37.2 Å². The molecule has 3 rings (SSSR count). The van der Waals surface area contributed by atoms with Gasteiger partial charge in [-0.1, -0.05) is 13.0 Å². The second-order valence-electron chi connectivity index (χ2n) is 7.18. The van der Waals surface area contributed by atoms with E-state index in [4.69, 9.17) is 0 Å². The van der Waals surface area contributed by atoms with Crippen LogP contribution < -0.4 is 5.32 Å². The zero-order valence-electron chi connectivity index (χ0n) is 15.6. The van der Waals surface area contributed by atoms with E-state index in [-0.39, 0.29) is 17.5 Å². The summed E-state index contributed by atoms with van der Waals surface area (Å²) in [4.78, 5) is 31.2. The minimum absolute atomic E-state index is 0.0285. The van der Waals surface area contributed by atoms with Gasteiger partial charge in [0.2, 0.25) is 0 Å². The number of benzene rings is 1. The molecule has 5 nitrogen and oxygen atoms in total. The standard InChI is InChI=1S/C21H25N3O2/c1-14-5-4-10-24(13-14)21(26)17-8-9-22-19(12-17)20(25)23-18-7-6-15(2)16(3)11-18/h6-9,11-12,14H,4-5,10,13H2,1-3H3,(H,23,25). The Hall–Kier alpha value is -2.69. The summed E-state index contributed by atoms with van der Waals surface area (Å²) in [6.45, 7) is 7.73. The number of nitrogens with zero attached hydrogens (tertiary/aromatic N) is 2. The largest absolute Gasteiger partial charge is 0.338 e. The predicted octanol–water partition coefficient (Wildman–Crippen LogP) is 3.82. The number of likely N-dealkylation sites (tertiary alicyclic amines) is 1. The molecule has 0 aliphatic carbocycles. The van der Waals surface area contributed by atoms with Gasteiger partial charge < -0.3 is 10.2 Å². The molecule has 1 N–H and O–H groups in total. The first-order valence-electron chi connectivity index (χ1n) is 9.08. The van der Waals surface area contributed by atoms with Crippen molar-refractivity contribution in [3.05, 3.63) is 58.9 Å². The lowest BCUT2D eigenvalue weighted by molar-refractivity contribution is 0.0683. The maximum atomic E-state index is 12.7. The SMILES string of the molecule is Cc1ccc(NC(=O)c2cc(C(=O)N3CCCC(C)C3)ccn2)cc1C. The molecule has 2 heterocycles. The number of hydrogen-bond acceptors (Lipinski definition) is 3. The van der Waals surface area contributed by atoms with Gasteiger partial charge in [0.05, 0.1) is 0 Å². The number of aromatic nitrogens is 1. The fourth-order valence-electron chi connectivity index (χ4n) is 3.26. The number of pyridine rings is 1. The van der Waals surface area contributed by atoms with Gasteiger partial charge >= 0.3 is 0 Å². The Labute approximate surface area is 154 Å². The van der Waals surface area contributed by atoms with Crippen LogP contribution in [0.3, 0.4) is 0 Å². The normalized spacial score (nSPS) is 17.0. The third-order valence-corrected chi connectivity index (χ3v) is 4.95. The molecule has 2 aromatic rings. The van der Waals surface area contributed by atoms with Crippen LogP contribution in [0.25, 0.3) is 0 Å². The van der Waals surface area contributed by atoms with Crippen LogP contribution in [0.5, 0.6) is 0 Å². The van der Waals surface area contributed by atoms with E-state index in [1.54, 1.807) is 12.1 Å². The van der Waals surface area contributed by atoms with Crippen LogP contribution in [0.4, 0.5) is 5.69 Å². The second kappa shape index (κ2) is 7.68. The first-order chi connectivity index (χ1) is 12.4. The average molecular weight is 351 g/mol. The predicted molar refractivity (Wildman–Crippen MR) is 102 cm³/mol. The van der Waals surface area contributed by atoms with Crippen molar-refractivity contribution in [2.24, 2.45) is 5.92 Å². The summed E-state index contributed by atoms with van der Waals surface area (Å²) < 4.78 is 0. The van der Waals surface area contributed by atoms with E-state index in [1.807, 2.05) is 36.9 Å². The Bertz CT molecular complexity index is 832. The third kappa shape index (κ3) is 4.10. The number of piperidine rings is 1. The molecule has 136 valence electrons. The molecule has 1 atom stereocenters. The number of nitrogens with one attached hydrogen (secondary N) is 1. The highest BCUT2D eigenvalue weighted by atomic mass is 16.2. The molecule has 1 aromatic carbocycles. The van der Waals surface area contributed by atoms with Crippen molar-refractivity contribution in [2.45, 2.75) is 33.6 Å². The van der Waals surface area contributed by atoms with Crippen molar-refractivity contribution in [3.63, 3.8) is 0 Å². The molecule has 1 aromatic heterocycles. The van der Waals surface area contributed by atoms with E-state index in [9.17, 15) is 9.59 Å². The molecule has 1 aliphatic rings. The van der Waals surface area contributed by atoms with E-state index in [1.165, 1.54) is 11.8 Å². The summed E-state index contributed by atoms with van der Waals surface area (Å²) in [5.74, 6) is 0.177. The molecule has 0 saturated carbocycles. The first-order valence-corrected chi connectivity index (χ1v) is 9.08. The smallest absolute Gasteiger partial charge is 0.274 e. The van der Waals surface area contributed by atoms with Gasteiger partial charge in [0.25, 0.3) is 11.8 Å². The Kier molecular flexibility index (Phi) is 5.35. The summed E-state index contributed by atoms with van der Waals surface area (Å²) in [5.41, 5.74) is 3.77. The Morgan fingerprint density at radius 3 is 2.69 bits per heavy atom. The number of rotatable bonds is 3. The van der Waals surface area contributed by atoms with E-state index >= 15 is 0 Å². The van der Waals surface area contributed by atoms with Crippen molar-refractivity contribution in [1.82, 2.24) is 9.88 Å². The number of aryl methyl sites for hydroxylation is 2. The molecule has 26 heavy (non-hydrogen) atoms. The van der Waals surface area contributed by atoms with Gasteiger partial charge in [0.15, 0.2) is 0 Å². The highest BCUT2D eigenvalue weighted by molar-refractivity contribution is 6.04. The monoisotopic (exact) mass is 351 g/mol. The molecule has 0 spiro atoms. The summed E-state index contributed by atoms with van der Waals surface area (Å²) in [6.07, 6.45) is 3.71. The van der Waals surface area contributed by atoms with E-state index in [2.05, 4.69) is 17.2 Å². The quantitative estimate of drug-likeness (QED) is 0.914. The molecule has 5 heteroatoms. The number of hydrogen-bond donors (Lipinski definition) is 1. The van der Waals surface area contributed by atoms with Gasteiger partial charge in [-0.25, -0.2) is 0 Å². The summed E-state index contributed by atoms with van der Waals surface area (Å²) in [6, 6.07) is 9.02. The molecule has 1 fully saturated rings. The van der Waals surface area contributed by atoms with Crippen molar-refractivity contribution in [3.8, 4) is 0 Å². The summed E-state index contributed by atoms with van der Waals surface area (Å²) in [7, 11) is 0. The van der Waals surface area contributed by atoms with Gasteiger partial charge in [-0.3, -0.25) is 14.6 Å². The molecular weight excluding hydrogens is 326 g/mol. The summed E-state index contributed by atoms with van der Waals surface area (Å²) in [5, 5.41) is 2.85. The molecule has 0 radical (unpaired) electrons. The zero-order valence-corrected chi connectivity index (χ0v) is 15.6. The number of amides is 2. The number of anilines is 1. The fraction of sp³-hybridized carbons (Fsp3) is 0.381. The molecule has 2 amide bonds. The van der Waals surface area contributed by atoms with Crippen LogP contribution in [0, 0.1) is 19.8 Å². The van der Waals surface area contributed by atoms with Crippen molar-refractivity contribution in [2.75, 3.05) is 18.4 Å². The first kappa shape index (κ1) is 18.1. The molecular formula is C21H25N3O2. The van der Waals surface area contributed by atoms with E-state index < -0.39 is 0 Å². The zero-order chi connectivity index (χ0) is 18.7. The third-order valence-electron chi connectivity index (χ3n) is 4.95. The van der Waals surface area contributed by atoms with Gasteiger partial charge in [0, 0.05) is 30.5 Å². The fourth-order valence-corrected chi connectivity index (χ4v) is 3.26. The lowest BCUT2D eigenvalue weighted by Crippen LogP contribution is -2.39. The van der Waals surface area contributed by atoms with Gasteiger partial charge in [-0.15, -0.1) is 0 Å². The average Bonchev–Trinajstić information content (AvgIpc) is 2.64. The molecule has 1 unspecified atom stereocenters. The van der Waals surface area contributed by atoms with Crippen LogP contribution >= 0.6 is 0 Å². The highest BCUT2D eigenvalue weighted by Gasteiger charge is 2.23. The lowest BCUT2D eigenvalue weighted by atomic mass is 9.99. The maximum absolute atomic E-state index is 12.7. The topological polar surface area (TPSA) is 62.3 Å². The van der Waals surface area contributed by atoms with Gasteiger partial charge in [-0.05, 0) is 68.0 Å². The Morgan fingerprint density at radius 2 is 1.96 bits per heavy atom. The Balaban J connectivity index is 1.74. The van der Waals surface area contributed by atoms with Gasteiger partial charge in [-0.2, -0.15) is 0 Å².